The van der Waals surface area contributed by atoms with Gasteiger partial charge in [0.05, 0.1) is 24.7 Å². The van der Waals surface area contributed by atoms with Gasteiger partial charge in [-0.05, 0) is 44.2 Å². The van der Waals surface area contributed by atoms with Crippen LogP contribution in [-0.2, 0) is 0 Å². The zero-order valence-corrected chi connectivity index (χ0v) is 21.4. The Morgan fingerprint density at radius 1 is 1.03 bits per heavy atom. The summed E-state index contributed by atoms with van der Waals surface area (Å²) in [6.45, 7) is 9.12. The highest BCUT2D eigenvalue weighted by molar-refractivity contribution is 6.33. The number of ether oxygens (including phenoxy) is 1. The Bertz CT molecular complexity index is 1240. The van der Waals surface area contributed by atoms with E-state index in [-0.39, 0.29) is 0 Å². The molecule has 2 saturated heterocycles. The lowest BCUT2D eigenvalue weighted by Crippen LogP contribution is -2.44. The summed E-state index contributed by atoms with van der Waals surface area (Å²) in [5, 5.41) is 7.03. The summed E-state index contributed by atoms with van der Waals surface area (Å²) in [6, 6.07) is 9.98. The summed E-state index contributed by atoms with van der Waals surface area (Å²) < 4.78 is 5.68. The molecule has 0 bridgehead atoms. The predicted molar refractivity (Wildman–Crippen MR) is 146 cm³/mol. The van der Waals surface area contributed by atoms with Crippen LogP contribution < -0.4 is 25.2 Å². The third-order valence-corrected chi connectivity index (χ3v) is 6.84. The quantitative estimate of drug-likeness (QED) is 0.465. The van der Waals surface area contributed by atoms with Crippen LogP contribution in [0.5, 0.6) is 5.75 Å². The monoisotopic (exact) mass is 506 g/mol. The van der Waals surface area contributed by atoms with Gasteiger partial charge in [-0.3, -0.25) is 0 Å². The van der Waals surface area contributed by atoms with Gasteiger partial charge in [0.1, 0.15) is 10.8 Å². The molecular formula is C26H31ClN8O. The molecule has 0 unspecified atom stereocenters. The van der Waals surface area contributed by atoms with Crippen LogP contribution in [0.1, 0.15) is 12.8 Å². The van der Waals surface area contributed by atoms with Crippen LogP contribution in [0, 0.1) is 0 Å². The second-order valence-corrected chi connectivity index (χ2v) is 9.42. The molecule has 2 N–H and O–H groups in total. The molecule has 2 aliphatic heterocycles. The van der Waals surface area contributed by atoms with E-state index in [9.17, 15) is 0 Å². The number of pyridine rings is 1. The fourth-order valence-electron chi connectivity index (χ4n) is 4.51. The first-order valence-corrected chi connectivity index (χ1v) is 12.5. The van der Waals surface area contributed by atoms with Crippen molar-refractivity contribution in [1.82, 2.24) is 19.9 Å². The lowest BCUT2D eigenvalue weighted by molar-refractivity contribution is 0.312. The van der Waals surface area contributed by atoms with Crippen LogP contribution in [0.2, 0.25) is 5.02 Å². The van der Waals surface area contributed by atoms with Crippen molar-refractivity contribution in [2.45, 2.75) is 12.8 Å². The SMILES string of the molecule is C=C1CCCN1c1ncccc1Nc1nc(Nc2ccc(N3CCN(C)CC3)cc2OC)ncc1Cl. The molecule has 0 saturated carbocycles. The zero-order valence-electron chi connectivity index (χ0n) is 20.7. The Morgan fingerprint density at radius 3 is 2.61 bits per heavy atom. The van der Waals surface area contributed by atoms with Gasteiger partial charge >= 0.3 is 0 Å². The summed E-state index contributed by atoms with van der Waals surface area (Å²) in [5.74, 6) is 2.43. The van der Waals surface area contributed by atoms with Crippen LogP contribution in [0.4, 0.5) is 34.6 Å². The van der Waals surface area contributed by atoms with Gasteiger partial charge in [0.25, 0.3) is 0 Å². The minimum atomic E-state index is 0.406. The molecule has 0 aliphatic carbocycles. The maximum Gasteiger partial charge on any atom is 0.229 e. The van der Waals surface area contributed by atoms with E-state index >= 15 is 0 Å². The predicted octanol–water partition coefficient (Wildman–Crippen LogP) is 4.89. The summed E-state index contributed by atoms with van der Waals surface area (Å²) in [6.07, 6.45) is 5.38. The normalized spacial score (nSPS) is 16.4. The van der Waals surface area contributed by atoms with Gasteiger partial charge in [0, 0.05) is 56.4 Å². The second-order valence-electron chi connectivity index (χ2n) is 9.01. The minimum Gasteiger partial charge on any atom is -0.494 e. The molecule has 36 heavy (non-hydrogen) atoms. The van der Waals surface area contributed by atoms with Crippen LogP contribution >= 0.6 is 11.6 Å². The third kappa shape index (κ3) is 5.17. The van der Waals surface area contributed by atoms with E-state index in [1.165, 1.54) is 0 Å². The highest BCUT2D eigenvalue weighted by Gasteiger charge is 2.21. The second kappa shape index (κ2) is 10.6. The number of rotatable bonds is 7. The molecule has 0 amide bonds. The molecule has 10 heteroatoms. The Balaban J connectivity index is 1.36. The number of aromatic nitrogens is 3. The van der Waals surface area contributed by atoms with Crippen molar-refractivity contribution in [3.05, 3.63) is 60.0 Å². The van der Waals surface area contributed by atoms with Crippen LogP contribution in [-0.4, -0.2) is 66.7 Å². The van der Waals surface area contributed by atoms with E-state index in [1.54, 1.807) is 19.5 Å². The Hall–Kier alpha value is -3.56. The number of halogens is 1. The largest absolute Gasteiger partial charge is 0.494 e. The minimum absolute atomic E-state index is 0.406. The molecule has 188 valence electrons. The molecular weight excluding hydrogens is 476 g/mol. The van der Waals surface area contributed by atoms with E-state index in [0.29, 0.717) is 16.8 Å². The first kappa shape index (κ1) is 24.1. The Labute approximate surface area is 216 Å². The summed E-state index contributed by atoms with van der Waals surface area (Å²) in [7, 11) is 3.82. The standard InChI is InChI=1S/C26H31ClN8O/c1-18-6-5-11-35(18)25-22(7-4-10-28-25)30-24-20(27)17-29-26(32-24)31-21-9-8-19(16-23(21)36-3)34-14-12-33(2)13-15-34/h4,7-10,16-17H,1,5-6,11-15H2,2-3H3,(H2,29,30,31,32). The van der Waals surface area contributed by atoms with Crippen LogP contribution in [0.25, 0.3) is 0 Å². The van der Waals surface area contributed by atoms with Gasteiger partial charge in [0.2, 0.25) is 5.95 Å². The van der Waals surface area contributed by atoms with Gasteiger partial charge in [0.15, 0.2) is 11.6 Å². The topological polar surface area (TPSA) is 81.7 Å². The number of nitrogens with zero attached hydrogens (tertiary/aromatic N) is 6. The van der Waals surface area contributed by atoms with Crippen molar-refractivity contribution in [2.24, 2.45) is 0 Å². The van der Waals surface area contributed by atoms with Gasteiger partial charge in [-0.2, -0.15) is 4.98 Å². The van der Waals surface area contributed by atoms with Crippen LogP contribution in [0.3, 0.4) is 0 Å². The molecule has 4 heterocycles. The lowest BCUT2D eigenvalue weighted by atomic mass is 10.2. The molecule has 5 rings (SSSR count). The summed E-state index contributed by atoms with van der Waals surface area (Å²) in [5.41, 5.74) is 3.78. The number of methoxy groups -OCH3 is 1. The van der Waals surface area contributed by atoms with E-state index in [1.807, 2.05) is 24.3 Å². The molecule has 0 spiro atoms. The smallest absolute Gasteiger partial charge is 0.229 e. The number of hydrogen-bond donors (Lipinski definition) is 2. The van der Waals surface area contributed by atoms with Gasteiger partial charge in [-0.1, -0.05) is 18.2 Å². The van der Waals surface area contributed by atoms with Crippen LogP contribution in [0.15, 0.2) is 55.0 Å². The van der Waals surface area contributed by atoms with E-state index < -0.39 is 0 Å². The average molecular weight is 507 g/mol. The fraction of sp³-hybridized carbons (Fsp3) is 0.346. The van der Waals surface area contributed by atoms with Crippen molar-refractivity contribution >= 4 is 46.2 Å². The number of allylic oxidation sites excluding steroid dienone is 1. The molecule has 0 atom stereocenters. The van der Waals surface area contributed by atoms with E-state index in [4.69, 9.17) is 16.3 Å². The number of hydrogen-bond acceptors (Lipinski definition) is 9. The molecule has 2 fully saturated rings. The number of anilines is 6. The molecule has 3 aromatic rings. The molecule has 2 aliphatic rings. The van der Waals surface area contributed by atoms with Gasteiger partial charge in [-0.15, -0.1) is 0 Å². The molecule has 0 radical (unpaired) electrons. The van der Waals surface area contributed by atoms with Crippen molar-refractivity contribution in [3.8, 4) is 5.75 Å². The van der Waals surface area contributed by atoms with Crippen molar-refractivity contribution in [1.29, 1.82) is 0 Å². The number of piperazine rings is 1. The fourth-order valence-corrected chi connectivity index (χ4v) is 4.65. The average Bonchev–Trinajstić information content (AvgIpc) is 3.32. The number of benzene rings is 1. The van der Waals surface area contributed by atoms with Crippen molar-refractivity contribution in [3.63, 3.8) is 0 Å². The zero-order chi connectivity index (χ0) is 25.1. The molecule has 1 aromatic carbocycles. The highest BCUT2D eigenvalue weighted by Crippen LogP contribution is 2.35. The third-order valence-electron chi connectivity index (χ3n) is 6.57. The van der Waals surface area contributed by atoms with Gasteiger partial charge in [-0.25, -0.2) is 9.97 Å². The molecule has 2 aromatic heterocycles. The summed E-state index contributed by atoms with van der Waals surface area (Å²) in [4.78, 5) is 20.4. The maximum atomic E-state index is 6.46. The number of likely N-dealkylation sites (N-methyl/N-ethyl adjacent to an activating group) is 1. The van der Waals surface area contributed by atoms with E-state index in [2.05, 4.69) is 60.0 Å². The number of nitrogens with one attached hydrogen (secondary N) is 2. The van der Waals surface area contributed by atoms with Crippen molar-refractivity contribution < 1.29 is 4.74 Å². The first-order chi connectivity index (χ1) is 17.5. The summed E-state index contributed by atoms with van der Waals surface area (Å²) >= 11 is 6.46. The highest BCUT2D eigenvalue weighted by atomic mass is 35.5. The Kier molecular flexibility index (Phi) is 7.11. The molecule has 9 nitrogen and oxygen atoms in total. The Morgan fingerprint density at radius 2 is 1.86 bits per heavy atom. The maximum absolute atomic E-state index is 6.46. The lowest BCUT2D eigenvalue weighted by Gasteiger charge is -2.34. The van der Waals surface area contributed by atoms with Crippen molar-refractivity contribution in [2.75, 3.05) is 67.3 Å². The van der Waals surface area contributed by atoms with Gasteiger partial charge < -0.3 is 30.1 Å². The van der Waals surface area contributed by atoms with E-state index in [0.717, 1.165) is 79.9 Å². The first-order valence-electron chi connectivity index (χ1n) is 12.1.